The number of ketones is 1. The lowest BCUT2D eigenvalue weighted by molar-refractivity contribution is 0.101. The van der Waals surface area contributed by atoms with Crippen molar-refractivity contribution < 1.29 is 4.79 Å². The van der Waals surface area contributed by atoms with Crippen LogP contribution in [0.15, 0.2) is 89.7 Å². The summed E-state index contributed by atoms with van der Waals surface area (Å²) in [4.78, 5) is 20.6. The largest absolute Gasteiger partial charge is 0.294 e. The van der Waals surface area contributed by atoms with E-state index >= 15 is 0 Å². The van der Waals surface area contributed by atoms with E-state index in [1.54, 1.807) is 36.5 Å². The van der Waals surface area contributed by atoms with Gasteiger partial charge in [0.2, 0.25) is 0 Å². The maximum atomic E-state index is 11.6. The van der Waals surface area contributed by atoms with E-state index in [0.717, 1.165) is 23.3 Å². The highest BCUT2D eigenvalue weighted by Crippen LogP contribution is 2.22. The average molecular weight is 358 g/mol. The van der Waals surface area contributed by atoms with Gasteiger partial charge in [0, 0.05) is 43.3 Å². The van der Waals surface area contributed by atoms with Gasteiger partial charge in [-0.15, -0.1) is 0 Å². The van der Waals surface area contributed by atoms with E-state index in [2.05, 4.69) is 39.4 Å². The van der Waals surface area contributed by atoms with Gasteiger partial charge in [0.15, 0.2) is 5.78 Å². The van der Waals surface area contributed by atoms with Gasteiger partial charge in [0.05, 0.1) is 17.5 Å². The molecule has 3 rings (SSSR count). The molecule has 1 aromatic heterocycles. The Kier molecular flexibility index (Phi) is 6.05. The number of aryl methyl sites for hydroxylation is 1. The van der Waals surface area contributed by atoms with Crippen molar-refractivity contribution in [2.24, 2.45) is 12.0 Å². The number of nitrogens with zero attached hydrogens (tertiary/aromatic N) is 4. The average Bonchev–Trinajstić information content (AvgIpc) is 3.02. The minimum absolute atomic E-state index is 0.0540. The van der Waals surface area contributed by atoms with Gasteiger partial charge in [0.1, 0.15) is 0 Å². The van der Waals surface area contributed by atoms with Crippen LogP contribution >= 0.6 is 0 Å². The van der Waals surface area contributed by atoms with Crippen molar-refractivity contribution in [1.82, 2.24) is 14.8 Å². The number of carbonyl (C=O) groups excluding carboxylic acids is 1. The van der Waals surface area contributed by atoms with Crippen molar-refractivity contribution >= 4 is 12.0 Å². The molecule has 27 heavy (non-hydrogen) atoms. The molecule has 1 aromatic rings. The van der Waals surface area contributed by atoms with E-state index in [-0.39, 0.29) is 11.7 Å². The zero-order valence-electron chi connectivity index (χ0n) is 15.5. The second kappa shape index (κ2) is 8.85. The summed E-state index contributed by atoms with van der Waals surface area (Å²) >= 11 is 0. The molecule has 1 aliphatic heterocycles. The van der Waals surface area contributed by atoms with Gasteiger partial charge in [-0.3, -0.25) is 19.5 Å². The van der Waals surface area contributed by atoms with Crippen LogP contribution in [0.1, 0.15) is 35.2 Å². The summed E-state index contributed by atoms with van der Waals surface area (Å²) in [6.45, 7) is 1.51. The first-order valence-electron chi connectivity index (χ1n) is 8.83. The van der Waals surface area contributed by atoms with Crippen LogP contribution in [0.4, 0.5) is 0 Å². The lowest BCUT2D eigenvalue weighted by atomic mass is 10.0. The molecule has 0 amide bonds. The molecule has 0 saturated carbocycles. The lowest BCUT2D eigenvalue weighted by Crippen LogP contribution is -1.99. The zero-order valence-corrected chi connectivity index (χ0v) is 15.5. The van der Waals surface area contributed by atoms with E-state index < -0.39 is 0 Å². The first-order valence-corrected chi connectivity index (χ1v) is 8.83. The molecule has 0 radical (unpaired) electrons. The Morgan fingerprint density at radius 2 is 2.07 bits per heavy atom. The molecular formula is C22H22N4O. The third-order valence-corrected chi connectivity index (χ3v) is 4.18. The van der Waals surface area contributed by atoms with Crippen molar-refractivity contribution in [1.29, 1.82) is 0 Å². The Balaban J connectivity index is 1.91. The molecule has 0 saturated heterocycles. The predicted molar refractivity (Wildman–Crippen MR) is 108 cm³/mol. The molecule has 0 aromatic carbocycles. The minimum atomic E-state index is -0.0552. The zero-order chi connectivity index (χ0) is 19.1. The Hall–Kier alpha value is -3.34. The number of Topliss-reactive ketones (excluding diaryl/α,β-unsaturated/α-hetero) is 1. The molecular weight excluding hydrogens is 336 g/mol. The fraction of sp³-hybridized carbons (Fsp3) is 0.182. The summed E-state index contributed by atoms with van der Waals surface area (Å²) in [5.74, 6) is -0.109. The standard InChI is InChI=1S/C22H22N4O/c1-17(27)21-13-23-12-20(15-25-26(2)16-21)19-10-7-11-22(24-14-19)18-8-5-3-4-6-9-18/h3-5,7-16,19H,6H2,1-2H3. The van der Waals surface area contributed by atoms with Crippen molar-refractivity contribution in [2.75, 3.05) is 0 Å². The van der Waals surface area contributed by atoms with E-state index in [9.17, 15) is 4.79 Å². The quantitative estimate of drug-likeness (QED) is 0.761. The number of hydrogen-bond donors (Lipinski definition) is 0. The number of aliphatic imine (C=N–C) groups is 1. The minimum Gasteiger partial charge on any atom is -0.294 e. The molecule has 1 atom stereocenters. The monoisotopic (exact) mass is 358 g/mol. The Bertz CT molecular complexity index is 956. The molecule has 0 spiro atoms. The fourth-order valence-corrected chi connectivity index (χ4v) is 2.67. The number of hydrogen-bond acceptors (Lipinski definition) is 4. The summed E-state index contributed by atoms with van der Waals surface area (Å²) in [5.41, 5.74) is 3.42. The second-order valence-corrected chi connectivity index (χ2v) is 6.29. The maximum absolute atomic E-state index is 11.6. The summed E-state index contributed by atoms with van der Waals surface area (Å²) in [7, 11) is 1.78. The van der Waals surface area contributed by atoms with Gasteiger partial charge in [-0.2, -0.15) is 5.10 Å². The Morgan fingerprint density at radius 1 is 1.19 bits per heavy atom. The van der Waals surface area contributed by atoms with Crippen LogP contribution < -0.4 is 0 Å². The fourth-order valence-electron chi connectivity index (χ4n) is 2.67. The van der Waals surface area contributed by atoms with Gasteiger partial charge < -0.3 is 0 Å². The van der Waals surface area contributed by atoms with Crippen LogP contribution in [-0.4, -0.2) is 26.8 Å². The smallest absolute Gasteiger partial charge is 0.162 e. The number of allylic oxidation sites excluding steroid dienone is 8. The number of rotatable bonds is 3. The molecule has 5 heteroatoms. The van der Waals surface area contributed by atoms with E-state index in [0.29, 0.717) is 5.56 Å². The molecule has 0 N–H and O–H groups in total. The molecule has 2 aliphatic rings. The predicted octanol–water partition coefficient (Wildman–Crippen LogP) is 4.19. The SMILES string of the molecule is CC(=O)c1cncc(C2C=CC=C(C3=CCC=CC=C3)N=C2)cnn(C)c1. The molecule has 1 unspecified atom stereocenters. The van der Waals surface area contributed by atoms with Crippen molar-refractivity contribution in [3.63, 3.8) is 0 Å². The first kappa shape index (κ1) is 18.5. The number of aromatic nitrogens is 3. The topological polar surface area (TPSA) is 60.1 Å². The van der Waals surface area contributed by atoms with Gasteiger partial charge in [-0.1, -0.05) is 42.5 Å². The molecule has 0 fully saturated rings. The maximum Gasteiger partial charge on any atom is 0.162 e. The third kappa shape index (κ3) is 5.07. The summed E-state index contributed by atoms with van der Waals surface area (Å²) in [6.07, 6.45) is 26.0. The summed E-state index contributed by atoms with van der Waals surface area (Å²) in [5, 5.41) is 4.37. The van der Waals surface area contributed by atoms with Crippen molar-refractivity contribution in [2.45, 2.75) is 19.3 Å². The normalized spacial score (nSPS) is 18.2. The third-order valence-electron chi connectivity index (χ3n) is 4.18. The first-order chi connectivity index (χ1) is 13.1. The van der Waals surface area contributed by atoms with Gasteiger partial charge in [0.25, 0.3) is 0 Å². The van der Waals surface area contributed by atoms with E-state index in [1.807, 2.05) is 30.5 Å². The molecule has 0 bridgehead atoms. The molecule has 1 aliphatic carbocycles. The highest BCUT2D eigenvalue weighted by molar-refractivity contribution is 5.93. The molecule has 136 valence electrons. The highest BCUT2D eigenvalue weighted by Gasteiger charge is 2.09. The van der Waals surface area contributed by atoms with Crippen LogP contribution in [0.5, 0.6) is 0 Å². The molecule has 2 heterocycles. The number of carbonyl (C=O) groups is 1. The lowest BCUT2D eigenvalue weighted by Gasteiger charge is -2.04. The van der Waals surface area contributed by atoms with Gasteiger partial charge in [-0.05, 0) is 25.0 Å². The van der Waals surface area contributed by atoms with Crippen LogP contribution in [0.25, 0.3) is 0 Å². The highest BCUT2D eigenvalue weighted by atomic mass is 16.1. The van der Waals surface area contributed by atoms with Crippen LogP contribution in [-0.2, 0) is 7.05 Å². The van der Waals surface area contributed by atoms with Crippen molar-refractivity contribution in [3.05, 3.63) is 95.8 Å². The van der Waals surface area contributed by atoms with Gasteiger partial charge in [-0.25, -0.2) is 0 Å². The van der Waals surface area contributed by atoms with Crippen LogP contribution in [0.2, 0.25) is 0 Å². The Morgan fingerprint density at radius 3 is 2.93 bits per heavy atom. The van der Waals surface area contributed by atoms with E-state index in [1.165, 1.54) is 6.92 Å². The summed E-state index contributed by atoms with van der Waals surface area (Å²) in [6, 6.07) is 0. The van der Waals surface area contributed by atoms with Crippen molar-refractivity contribution in [3.8, 4) is 0 Å². The van der Waals surface area contributed by atoms with Gasteiger partial charge >= 0.3 is 0 Å². The molecule has 5 nitrogen and oxygen atoms in total. The van der Waals surface area contributed by atoms with E-state index in [4.69, 9.17) is 0 Å². The second-order valence-electron chi connectivity index (χ2n) is 6.29. The summed E-state index contributed by atoms with van der Waals surface area (Å²) < 4.78 is 1.61. The van der Waals surface area contributed by atoms with Crippen LogP contribution in [0, 0.1) is 0 Å². The Labute approximate surface area is 159 Å². The van der Waals surface area contributed by atoms with Crippen LogP contribution in [0.3, 0.4) is 0 Å².